The van der Waals surface area contributed by atoms with Crippen molar-refractivity contribution in [1.29, 1.82) is 0 Å². The average Bonchev–Trinajstić information content (AvgIpc) is 2.95. The molecule has 42 heavy (non-hydrogen) atoms. The molecular formula is C33H34N4O5. The lowest BCUT2D eigenvalue weighted by molar-refractivity contribution is -0.140. The third-order valence-electron chi connectivity index (χ3n) is 6.72. The van der Waals surface area contributed by atoms with Crippen molar-refractivity contribution in [2.45, 2.75) is 27.7 Å². The van der Waals surface area contributed by atoms with Gasteiger partial charge >= 0.3 is 5.97 Å². The molecule has 4 rings (SSSR count). The molecule has 0 fully saturated rings. The molecule has 0 saturated heterocycles. The van der Waals surface area contributed by atoms with Crippen LogP contribution in [-0.2, 0) is 14.3 Å². The summed E-state index contributed by atoms with van der Waals surface area (Å²) in [6.07, 6.45) is 1.06. The van der Waals surface area contributed by atoms with Crippen LogP contribution < -0.4 is 4.74 Å². The number of amides is 1. The molecule has 0 saturated carbocycles. The summed E-state index contributed by atoms with van der Waals surface area (Å²) in [6, 6.07) is 16.9. The van der Waals surface area contributed by atoms with E-state index in [-0.39, 0.29) is 31.4 Å². The van der Waals surface area contributed by atoms with E-state index in [1.807, 2.05) is 52.0 Å². The van der Waals surface area contributed by atoms with Crippen molar-refractivity contribution in [3.63, 3.8) is 0 Å². The Labute approximate surface area is 245 Å². The van der Waals surface area contributed by atoms with Gasteiger partial charge in [0.1, 0.15) is 18.1 Å². The van der Waals surface area contributed by atoms with Crippen LogP contribution >= 0.6 is 0 Å². The Bertz CT molecular complexity index is 1580. The van der Waals surface area contributed by atoms with Gasteiger partial charge in [0.25, 0.3) is 5.91 Å². The molecule has 9 heteroatoms. The zero-order valence-electron chi connectivity index (χ0n) is 24.5. The zero-order chi connectivity index (χ0) is 30.4. The number of hydrogen-bond donors (Lipinski definition) is 1. The van der Waals surface area contributed by atoms with Crippen LogP contribution in [0.5, 0.6) is 11.5 Å². The Morgan fingerprint density at radius 1 is 0.833 bits per heavy atom. The molecule has 0 aliphatic rings. The summed E-state index contributed by atoms with van der Waals surface area (Å²) in [5, 5.41) is 11.0. The molecule has 0 aliphatic heterocycles. The molecule has 1 aromatic heterocycles. The van der Waals surface area contributed by atoms with Crippen LogP contribution in [0.2, 0.25) is 0 Å². The number of benzene rings is 3. The van der Waals surface area contributed by atoms with E-state index in [9.17, 15) is 14.7 Å². The first-order valence-electron chi connectivity index (χ1n) is 13.5. The minimum atomic E-state index is -0.553. The van der Waals surface area contributed by atoms with E-state index in [2.05, 4.69) is 18.7 Å². The smallest absolute Gasteiger partial charge is 0.330 e. The standard InChI is InChI=1S/C33H34N4O5/c1-7-30(40)41-15-14-37(6)29(39)19-42-24-10-13-27(28(38)18-24)33-35-31(25-11-8-20(2)16-22(25)4)34-32(36-33)26-12-9-21(3)17-23(26)5/h7-13,16-18,38H,1,14-15,19H2,2-6H3. The second-order valence-electron chi connectivity index (χ2n) is 10.1. The molecule has 216 valence electrons. The lowest BCUT2D eigenvalue weighted by Crippen LogP contribution is -2.34. The van der Waals surface area contributed by atoms with Gasteiger partial charge in [-0.2, -0.15) is 0 Å². The summed E-state index contributed by atoms with van der Waals surface area (Å²) < 4.78 is 10.5. The number of aromatic nitrogens is 3. The van der Waals surface area contributed by atoms with E-state index in [0.717, 1.165) is 39.5 Å². The van der Waals surface area contributed by atoms with Gasteiger partial charge in [-0.15, -0.1) is 0 Å². The van der Waals surface area contributed by atoms with Gasteiger partial charge in [-0.25, -0.2) is 19.7 Å². The summed E-state index contributed by atoms with van der Waals surface area (Å²) in [4.78, 5) is 39.3. The van der Waals surface area contributed by atoms with Gasteiger partial charge in [0.05, 0.1) is 12.1 Å². The van der Waals surface area contributed by atoms with E-state index in [1.54, 1.807) is 19.2 Å². The van der Waals surface area contributed by atoms with Crippen molar-refractivity contribution in [2.24, 2.45) is 0 Å². The Morgan fingerprint density at radius 2 is 1.36 bits per heavy atom. The van der Waals surface area contributed by atoms with Crippen molar-refractivity contribution in [2.75, 3.05) is 26.8 Å². The molecule has 0 unspecified atom stereocenters. The number of phenols is 1. The van der Waals surface area contributed by atoms with Crippen LogP contribution in [0, 0.1) is 27.7 Å². The highest BCUT2D eigenvalue weighted by Gasteiger charge is 2.18. The maximum Gasteiger partial charge on any atom is 0.330 e. The monoisotopic (exact) mass is 566 g/mol. The molecule has 3 aromatic carbocycles. The Hall–Kier alpha value is -5.05. The van der Waals surface area contributed by atoms with E-state index in [1.165, 1.54) is 11.0 Å². The lowest BCUT2D eigenvalue weighted by atomic mass is 10.0. The maximum absolute atomic E-state index is 12.4. The fraction of sp³-hybridized carbons (Fsp3) is 0.242. The number of aryl methyl sites for hydroxylation is 4. The normalized spacial score (nSPS) is 10.7. The molecule has 4 aromatic rings. The second kappa shape index (κ2) is 13.1. The summed E-state index contributed by atoms with van der Waals surface area (Å²) in [5.74, 6) is 0.636. The molecular weight excluding hydrogens is 532 g/mol. The van der Waals surface area contributed by atoms with Crippen molar-refractivity contribution < 1.29 is 24.2 Å². The maximum atomic E-state index is 12.4. The highest BCUT2D eigenvalue weighted by molar-refractivity contribution is 5.81. The van der Waals surface area contributed by atoms with E-state index >= 15 is 0 Å². The molecule has 0 spiro atoms. The van der Waals surface area contributed by atoms with Gasteiger partial charge < -0.3 is 19.5 Å². The summed E-state index contributed by atoms with van der Waals surface area (Å²) in [7, 11) is 1.58. The minimum absolute atomic E-state index is 0.0444. The van der Waals surface area contributed by atoms with Crippen LogP contribution in [0.15, 0.2) is 67.3 Å². The van der Waals surface area contributed by atoms with Crippen LogP contribution in [0.3, 0.4) is 0 Å². The van der Waals surface area contributed by atoms with Gasteiger partial charge in [0.15, 0.2) is 24.1 Å². The molecule has 0 bridgehead atoms. The number of rotatable bonds is 10. The fourth-order valence-corrected chi connectivity index (χ4v) is 4.38. The molecule has 1 heterocycles. The van der Waals surface area contributed by atoms with Gasteiger partial charge in [-0.1, -0.05) is 54.1 Å². The Kier molecular flexibility index (Phi) is 9.32. The van der Waals surface area contributed by atoms with Crippen LogP contribution in [0.4, 0.5) is 0 Å². The van der Waals surface area contributed by atoms with E-state index < -0.39 is 5.97 Å². The number of esters is 1. The van der Waals surface area contributed by atoms with Crippen LogP contribution in [0.25, 0.3) is 34.2 Å². The van der Waals surface area contributed by atoms with Crippen molar-refractivity contribution in [3.8, 4) is 45.7 Å². The van der Waals surface area contributed by atoms with Gasteiger partial charge in [-0.05, 0) is 51.0 Å². The number of carbonyl (C=O) groups is 2. The Balaban J connectivity index is 1.61. The van der Waals surface area contributed by atoms with Crippen molar-refractivity contribution in [1.82, 2.24) is 19.9 Å². The highest BCUT2D eigenvalue weighted by Crippen LogP contribution is 2.34. The highest BCUT2D eigenvalue weighted by atomic mass is 16.5. The predicted molar refractivity (Wildman–Crippen MR) is 161 cm³/mol. The summed E-state index contributed by atoms with van der Waals surface area (Å²) in [5.41, 5.74) is 6.46. The number of carbonyl (C=O) groups excluding carboxylic acids is 2. The molecule has 0 atom stereocenters. The molecule has 1 amide bonds. The summed E-state index contributed by atoms with van der Waals surface area (Å²) >= 11 is 0. The number of nitrogens with zero attached hydrogens (tertiary/aromatic N) is 4. The van der Waals surface area contributed by atoms with Crippen LogP contribution in [-0.4, -0.2) is 63.6 Å². The largest absolute Gasteiger partial charge is 0.507 e. The second-order valence-corrected chi connectivity index (χ2v) is 10.1. The lowest BCUT2D eigenvalue weighted by Gasteiger charge is -2.17. The first kappa shape index (κ1) is 29.9. The minimum Gasteiger partial charge on any atom is -0.507 e. The number of hydrogen-bond acceptors (Lipinski definition) is 8. The molecule has 0 radical (unpaired) electrons. The fourth-order valence-electron chi connectivity index (χ4n) is 4.38. The quantitative estimate of drug-likeness (QED) is 0.201. The molecule has 0 aliphatic carbocycles. The Morgan fingerprint density at radius 3 is 1.86 bits per heavy atom. The third-order valence-corrected chi connectivity index (χ3v) is 6.72. The van der Waals surface area contributed by atoms with Gasteiger partial charge in [-0.3, -0.25) is 4.79 Å². The molecule has 9 nitrogen and oxygen atoms in total. The number of aromatic hydroxyl groups is 1. The first-order chi connectivity index (χ1) is 20.0. The number of phenolic OH excluding ortho intramolecular Hbond substituents is 1. The average molecular weight is 567 g/mol. The van der Waals surface area contributed by atoms with Crippen molar-refractivity contribution >= 4 is 11.9 Å². The number of ether oxygens (including phenoxy) is 2. The number of likely N-dealkylation sites (N-methyl/N-ethyl adjacent to an activating group) is 1. The SMILES string of the molecule is C=CC(=O)OCCN(C)C(=O)COc1ccc(-c2nc(-c3ccc(C)cc3C)nc(-c3ccc(C)cc3C)n2)c(O)c1. The van der Waals surface area contributed by atoms with E-state index in [4.69, 9.17) is 24.4 Å². The first-order valence-corrected chi connectivity index (χ1v) is 13.5. The van der Waals surface area contributed by atoms with Crippen molar-refractivity contribution in [3.05, 3.63) is 89.5 Å². The van der Waals surface area contributed by atoms with Gasteiger partial charge in [0.2, 0.25) is 0 Å². The molecule has 1 N–H and O–H groups in total. The van der Waals surface area contributed by atoms with E-state index in [0.29, 0.717) is 28.8 Å². The zero-order valence-corrected chi connectivity index (χ0v) is 24.5. The topological polar surface area (TPSA) is 115 Å². The third kappa shape index (κ3) is 7.17. The predicted octanol–water partition coefficient (Wildman–Crippen LogP) is 5.38. The van der Waals surface area contributed by atoms with Crippen LogP contribution in [0.1, 0.15) is 22.3 Å². The van der Waals surface area contributed by atoms with Gasteiger partial charge in [0, 0.05) is 30.3 Å². The summed E-state index contributed by atoms with van der Waals surface area (Å²) in [6.45, 7) is 11.4.